The van der Waals surface area contributed by atoms with Crippen LogP contribution in [0.4, 0.5) is 19.6 Å². The number of hydrogen-bond donors (Lipinski definition) is 4. The minimum Gasteiger partial charge on any atom is -0.382 e. The molecule has 1 aliphatic rings. The van der Waals surface area contributed by atoms with E-state index < -0.39 is 26.6 Å². The average molecular weight is 475 g/mol. The van der Waals surface area contributed by atoms with Crippen molar-refractivity contribution in [2.24, 2.45) is 29.2 Å². The summed E-state index contributed by atoms with van der Waals surface area (Å²) in [5.41, 5.74) is 11.9. The summed E-state index contributed by atoms with van der Waals surface area (Å²) in [7, 11) is -4.34. The lowest BCUT2D eigenvalue weighted by atomic mass is 9.84. The second kappa shape index (κ2) is 10.2. The summed E-state index contributed by atoms with van der Waals surface area (Å²) in [6.45, 7) is 2.88. The lowest BCUT2D eigenvalue weighted by molar-refractivity contribution is 0.291. The van der Waals surface area contributed by atoms with Crippen LogP contribution in [0.5, 0.6) is 0 Å². The van der Waals surface area contributed by atoms with Crippen LogP contribution in [0.2, 0.25) is 0 Å². The summed E-state index contributed by atoms with van der Waals surface area (Å²) in [5, 5.41) is 2.87. The van der Waals surface area contributed by atoms with Gasteiger partial charge >= 0.3 is 0 Å². The molecule has 0 amide bonds. The molecule has 0 spiro atoms. The van der Waals surface area contributed by atoms with Crippen LogP contribution < -0.4 is 21.5 Å². The van der Waals surface area contributed by atoms with E-state index in [-0.39, 0.29) is 22.8 Å². The Kier molecular flexibility index (Phi) is 7.78. The van der Waals surface area contributed by atoms with Crippen molar-refractivity contribution in [2.75, 3.05) is 23.1 Å². The summed E-state index contributed by atoms with van der Waals surface area (Å²) in [6, 6.07) is 1.36. The van der Waals surface area contributed by atoms with Crippen LogP contribution >= 0.6 is 11.5 Å². The maximum Gasteiger partial charge on any atom is 0.266 e. The fraction of sp³-hybridized carbons (Fsp3) is 0.579. The molecular weight excluding hydrogens is 446 g/mol. The SMILES string of the molecule is C[C@@H](N)C(CNc1cc(F)c(S(=O)(=O)Nc2ncns2)cc1F)CC1CCCC1CN. The Morgan fingerprint density at radius 2 is 2.00 bits per heavy atom. The highest BCUT2D eigenvalue weighted by Crippen LogP contribution is 2.36. The van der Waals surface area contributed by atoms with E-state index in [0.717, 1.165) is 49.6 Å². The van der Waals surface area contributed by atoms with Crippen LogP contribution in [0.15, 0.2) is 23.4 Å². The minimum atomic E-state index is -4.34. The normalized spacial score (nSPS) is 21.1. The second-order valence-electron chi connectivity index (χ2n) is 8.04. The van der Waals surface area contributed by atoms with Gasteiger partial charge in [0.05, 0.1) is 5.69 Å². The first kappa shape index (κ1) is 23.8. The van der Waals surface area contributed by atoms with Crippen molar-refractivity contribution in [3.05, 3.63) is 30.1 Å². The van der Waals surface area contributed by atoms with Gasteiger partial charge in [-0.15, -0.1) is 0 Å². The van der Waals surface area contributed by atoms with Crippen LogP contribution in [0.1, 0.15) is 32.6 Å². The van der Waals surface area contributed by atoms with E-state index in [4.69, 9.17) is 11.5 Å². The summed E-state index contributed by atoms with van der Waals surface area (Å²) in [5.74, 6) is -0.953. The second-order valence-corrected chi connectivity index (χ2v) is 10.5. The van der Waals surface area contributed by atoms with Crippen LogP contribution in [0, 0.1) is 29.4 Å². The Morgan fingerprint density at radius 1 is 1.26 bits per heavy atom. The molecule has 31 heavy (non-hydrogen) atoms. The number of benzene rings is 1. The molecule has 0 saturated heterocycles. The van der Waals surface area contributed by atoms with Crippen molar-refractivity contribution in [3.63, 3.8) is 0 Å². The van der Waals surface area contributed by atoms with E-state index in [9.17, 15) is 17.2 Å². The summed E-state index contributed by atoms with van der Waals surface area (Å²) in [4.78, 5) is 2.88. The van der Waals surface area contributed by atoms with Crippen LogP contribution in [0.3, 0.4) is 0 Å². The Bertz CT molecular complexity index is 972. The molecule has 1 aliphatic carbocycles. The first-order chi connectivity index (χ1) is 14.7. The zero-order chi connectivity index (χ0) is 22.6. The van der Waals surface area contributed by atoms with E-state index in [1.54, 1.807) is 0 Å². The van der Waals surface area contributed by atoms with Crippen molar-refractivity contribution in [3.8, 4) is 0 Å². The summed E-state index contributed by atoms with van der Waals surface area (Å²) < 4.78 is 59.7. The van der Waals surface area contributed by atoms with Gasteiger partial charge in [0.15, 0.2) is 0 Å². The molecule has 0 bridgehead atoms. The number of nitrogens with zero attached hydrogens (tertiary/aromatic N) is 2. The van der Waals surface area contributed by atoms with Crippen LogP contribution in [-0.2, 0) is 10.0 Å². The van der Waals surface area contributed by atoms with E-state index in [1.807, 2.05) is 6.92 Å². The third kappa shape index (κ3) is 5.88. The van der Waals surface area contributed by atoms with Gasteiger partial charge in [-0.2, -0.15) is 4.37 Å². The van der Waals surface area contributed by atoms with Crippen molar-refractivity contribution in [1.29, 1.82) is 0 Å². The highest BCUT2D eigenvalue weighted by Gasteiger charge is 2.30. The van der Waals surface area contributed by atoms with Gasteiger partial charge in [0, 0.05) is 30.2 Å². The maximum absolute atomic E-state index is 14.6. The van der Waals surface area contributed by atoms with Gasteiger partial charge in [0.25, 0.3) is 10.0 Å². The number of sulfonamides is 1. The molecular formula is C19H28F2N6O2S2. The molecule has 1 saturated carbocycles. The molecule has 12 heteroatoms. The summed E-state index contributed by atoms with van der Waals surface area (Å²) in [6.07, 6.45) is 5.37. The minimum absolute atomic E-state index is 0.0375. The van der Waals surface area contributed by atoms with Crippen LogP contribution in [0.25, 0.3) is 0 Å². The molecule has 6 N–H and O–H groups in total. The van der Waals surface area contributed by atoms with Crippen molar-refractivity contribution < 1.29 is 17.2 Å². The molecule has 1 heterocycles. The molecule has 1 aromatic heterocycles. The standard InChI is InChI=1S/C19H28F2N6O2S2/c1-11(23)14(5-12-3-2-4-13(12)8-22)9-24-17-6-16(21)18(7-15(17)20)31(28,29)27-19-25-10-26-30-19/h6-7,10-14,24H,2-5,8-9,22-23H2,1H3,(H,25,26,27)/t11-,12?,13?,14?/m1/s1. The third-order valence-corrected chi connectivity index (χ3v) is 7.98. The highest BCUT2D eigenvalue weighted by molar-refractivity contribution is 7.93. The Morgan fingerprint density at radius 3 is 2.65 bits per heavy atom. The van der Waals surface area contributed by atoms with Gasteiger partial charge in [-0.05, 0) is 50.1 Å². The molecule has 172 valence electrons. The third-order valence-electron chi connectivity index (χ3n) is 5.92. The highest BCUT2D eigenvalue weighted by atomic mass is 32.2. The lowest BCUT2D eigenvalue weighted by Crippen LogP contribution is -2.35. The molecule has 3 unspecified atom stereocenters. The molecule has 1 aromatic carbocycles. The average Bonchev–Trinajstić information content (AvgIpc) is 3.37. The zero-order valence-corrected chi connectivity index (χ0v) is 18.9. The molecule has 2 aromatic rings. The molecule has 0 radical (unpaired) electrons. The molecule has 4 atom stereocenters. The van der Waals surface area contributed by atoms with Gasteiger partial charge in [-0.25, -0.2) is 22.2 Å². The number of rotatable bonds is 10. The number of nitrogens with one attached hydrogen (secondary N) is 2. The van der Waals surface area contributed by atoms with Crippen molar-refractivity contribution in [2.45, 2.75) is 43.5 Å². The fourth-order valence-corrected chi connectivity index (χ4v) is 5.84. The number of halogens is 2. The van der Waals surface area contributed by atoms with Gasteiger partial charge in [0.2, 0.25) is 5.13 Å². The van der Waals surface area contributed by atoms with Gasteiger partial charge in [-0.3, -0.25) is 4.72 Å². The van der Waals surface area contributed by atoms with Crippen molar-refractivity contribution >= 4 is 32.4 Å². The quantitative estimate of drug-likeness (QED) is 0.416. The number of hydrogen-bond acceptors (Lipinski definition) is 8. The fourth-order valence-electron chi connectivity index (χ4n) is 4.11. The molecule has 0 aliphatic heterocycles. The van der Waals surface area contributed by atoms with Crippen LogP contribution in [-0.4, -0.2) is 36.9 Å². The first-order valence-electron chi connectivity index (χ1n) is 10.2. The van der Waals surface area contributed by atoms with Crippen molar-refractivity contribution in [1.82, 2.24) is 9.36 Å². The Hall–Kier alpha value is -1.89. The van der Waals surface area contributed by atoms with E-state index >= 15 is 0 Å². The van der Waals surface area contributed by atoms with E-state index in [2.05, 4.69) is 19.4 Å². The molecule has 3 rings (SSSR count). The predicted molar refractivity (Wildman–Crippen MR) is 117 cm³/mol. The smallest absolute Gasteiger partial charge is 0.266 e. The topological polar surface area (TPSA) is 136 Å². The molecule has 8 nitrogen and oxygen atoms in total. The van der Waals surface area contributed by atoms with Gasteiger partial charge in [-0.1, -0.05) is 12.8 Å². The monoisotopic (exact) mass is 474 g/mol. The summed E-state index contributed by atoms with van der Waals surface area (Å²) >= 11 is 0.787. The maximum atomic E-state index is 14.6. The number of anilines is 2. The Labute approximate surface area is 185 Å². The first-order valence-corrected chi connectivity index (χ1v) is 12.4. The number of aromatic nitrogens is 2. The Balaban J connectivity index is 1.70. The predicted octanol–water partition coefficient (Wildman–Crippen LogP) is 2.76. The zero-order valence-electron chi connectivity index (χ0n) is 17.2. The van der Waals surface area contributed by atoms with E-state index in [0.29, 0.717) is 31.0 Å². The number of nitrogens with two attached hydrogens (primary N) is 2. The lowest BCUT2D eigenvalue weighted by Gasteiger charge is -2.27. The van der Waals surface area contributed by atoms with Gasteiger partial charge in [0.1, 0.15) is 22.9 Å². The molecule has 1 fully saturated rings. The van der Waals surface area contributed by atoms with E-state index in [1.165, 1.54) is 0 Å². The van der Waals surface area contributed by atoms with Gasteiger partial charge < -0.3 is 16.8 Å². The largest absolute Gasteiger partial charge is 0.382 e.